The molecule has 0 spiro atoms. The molecule has 0 atom stereocenters. The van der Waals surface area contributed by atoms with Crippen LogP contribution in [0, 0.1) is 11.3 Å². The van der Waals surface area contributed by atoms with Gasteiger partial charge in [0.15, 0.2) is 0 Å². The first-order chi connectivity index (χ1) is 6.74. The predicted molar refractivity (Wildman–Crippen MR) is 59.4 cm³/mol. The molecule has 0 saturated carbocycles. The quantitative estimate of drug-likeness (QED) is 0.518. The summed E-state index contributed by atoms with van der Waals surface area (Å²) in [5.74, 6) is 0. The molecule has 1 nitrogen and oxygen atoms in total. The van der Waals surface area contributed by atoms with Crippen LogP contribution in [0.1, 0.15) is 5.56 Å². The summed E-state index contributed by atoms with van der Waals surface area (Å²) in [4.78, 5) is 0. The third kappa shape index (κ3) is 2.76. The molecule has 0 radical (unpaired) electrons. The lowest BCUT2D eigenvalue weighted by Gasteiger charge is -1.98. The van der Waals surface area contributed by atoms with E-state index in [0.29, 0.717) is 5.57 Å². The van der Waals surface area contributed by atoms with E-state index in [1.54, 1.807) is 12.2 Å². The van der Waals surface area contributed by atoms with E-state index in [1.165, 1.54) is 0 Å². The van der Waals surface area contributed by atoms with Gasteiger partial charge in [-0.05, 0) is 17.2 Å². The molecule has 0 aliphatic carbocycles. The SMILES string of the molecule is C=C(C#N)/C=C\C(=C)c1ccccc1. The van der Waals surface area contributed by atoms with Crippen LogP contribution in [-0.4, -0.2) is 0 Å². The highest BCUT2D eigenvalue weighted by molar-refractivity contribution is 5.72. The lowest BCUT2D eigenvalue weighted by atomic mass is 10.1. The zero-order chi connectivity index (χ0) is 10.4. The van der Waals surface area contributed by atoms with Crippen LogP contribution >= 0.6 is 0 Å². The van der Waals surface area contributed by atoms with Crippen LogP contribution in [0.3, 0.4) is 0 Å². The third-order valence-corrected chi connectivity index (χ3v) is 1.77. The van der Waals surface area contributed by atoms with Crippen molar-refractivity contribution in [2.24, 2.45) is 0 Å². The van der Waals surface area contributed by atoms with Crippen molar-refractivity contribution in [1.29, 1.82) is 5.26 Å². The van der Waals surface area contributed by atoms with Gasteiger partial charge >= 0.3 is 0 Å². The molecule has 0 heterocycles. The number of rotatable bonds is 3. The molecule has 1 aromatic carbocycles. The van der Waals surface area contributed by atoms with Crippen molar-refractivity contribution in [1.82, 2.24) is 0 Å². The van der Waals surface area contributed by atoms with E-state index in [9.17, 15) is 0 Å². The Morgan fingerprint density at radius 1 is 1.14 bits per heavy atom. The summed E-state index contributed by atoms with van der Waals surface area (Å²) in [7, 11) is 0. The van der Waals surface area contributed by atoms with Crippen molar-refractivity contribution in [2.45, 2.75) is 0 Å². The molecule has 0 bridgehead atoms. The van der Waals surface area contributed by atoms with Crippen LogP contribution in [0.25, 0.3) is 5.57 Å². The zero-order valence-electron chi connectivity index (χ0n) is 7.90. The van der Waals surface area contributed by atoms with Gasteiger partial charge in [0, 0.05) is 5.57 Å². The Hall–Kier alpha value is -2.07. The smallest absolute Gasteiger partial charge is 0.0985 e. The molecule has 0 unspecified atom stereocenters. The predicted octanol–water partition coefficient (Wildman–Crippen LogP) is 3.34. The molecule has 1 heteroatoms. The molecule has 0 aromatic heterocycles. The number of hydrogen-bond donors (Lipinski definition) is 0. The van der Waals surface area contributed by atoms with E-state index in [0.717, 1.165) is 11.1 Å². The number of nitrogens with zero attached hydrogens (tertiary/aromatic N) is 1. The first-order valence-corrected chi connectivity index (χ1v) is 4.25. The Balaban J connectivity index is 2.75. The second-order valence-electron chi connectivity index (χ2n) is 2.86. The summed E-state index contributed by atoms with van der Waals surface area (Å²) >= 11 is 0. The van der Waals surface area contributed by atoms with Gasteiger partial charge < -0.3 is 0 Å². The molecule has 0 N–H and O–H groups in total. The number of allylic oxidation sites excluding steroid dienone is 4. The van der Waals surface area contributed by atoms with E-state index in [1.807, 2.05) is 36.4 Å². The minimum absolute atomic E-state index is 0.432. The van der Waals surface area contributed by atoms with Gasteiger partial charge in [-0.15, -0.1) is 0 Å². The van der Waals surface area contributed by atoms with Crippen molar-refractivity contribution < 1.29 is 0 Å². The standard InChI is InChI=1S/C13H11N/c1-11(10-14)8-9-12(2)13-6-4-3-5-7-13/h3-9H,1-2H2/b9-8-. The average molecular weight is 181 g/mol. The minimum atomic E-state index is 0.432. The maximum Gasteiger partial charge on any atom is 0.0985 e. The van der Waals surface area contributed by atoms with Crippen LogP contribution in [0.4, 0.5) is 0 Å². The summed E-state index contributed by atoms with van der Waals surface area (Å²) in [5.41, 5.74) is 2.36. The molecule has 1 rings (SSSR count). The van der Waals surface area contributed by atoms with Crippen molar-refractivity contribution in [3.63, 3.8) is 0 Å². The number of nitriles is 1. The van der Waals surface area contributed by atoms with Gasteiger partial charge in [0.2, 0.25) is 0 Å². The summed E-state index contributed by atoms with van der Waals surface area (Å²) < 4.78 is 0. The Morgan fingerprint density at radius 2 is 1.79 bits per heavy atom. The summed E-state index contributed by atoms with van der Waals surface area (Å²) in [5, 5.41) is 8.49. The maximum atomic E-state index is 8.49. The normalized spacial score (nSPS) is 9.64. The van der Waals surface area contributed by atoms with Crippen molar-refractivity contribution >= 4 is 5.57 Å². The molecule has 1 aromatic rings. The van der Waals surface area contributed by atoms with E-state index in [-0.39, 0.29) is 0 Å². The Bertz CT molecular complexity index is 405. The fourth-order valence-corrected chi connectivity index (χ4v) is 0.987. The van der Waals surface area contributed by atoms with Gasteiger partial charge in [-0.3, -0.25) is 0 Å². The second kappa shape index (κ2) is 4.84. The third-order valence-electron chi connectivity index (χ3n) is 1.77. The highest BCUT2D eigenvalue weighted by Gasteiger charge is 1.92. The van der Waals surface area contributed by atoms with E-state index in [2.05, 4.69) is 13.2 Å². The van der Waals surface area contributed by atoms with Gasteiger partial charge in [-0.1, -0.05) is 49.6 Å². The van der Waals surface area contributed by atoms with Gasteiger partial charge in [0.05, 0.1) is 6.07 Å². The lowest BCUT2D eigenvalue weighted by Crippen LogP contribution is -1.77. The molecule has 68 valence electrons. The summed E-state index contributed by atoms with van der Waals surface area (Å²) in [6.07, 6.45) is 3.45. The van der Waals surface area contributed by atoms with E-state index >= 15 is 0 Å². The molecular formula is C13H11N. The zero-order valence-corrected chi connectivity index (χ0v) is 7.90. The molecule has 0 aliphatic heterocycles. The fraction of sp³-hybridized carbons (Fsp3) is 0. The summed E-state index contributed by atoms with van der Waals surface area (Å²) in [6.45, 7) is 7.44. The highest BCUT2D eigenvalue weighted by atomic mass is 14.2. The molecule has 0 saturated heterocycles. The molecule has 14 heavy (non-hydrogen) atoms. The van der Waals surface area contributed by atoms with Crippen LogP contribution in [0.15, 0.2) is 61.2 Å². The number of hydrogen-bond acceptors (Lipinski definition) is 1. The molecule has 0 aliphatic rings. The van der Waals surface area contributed by atoms with Crippen LogP contribution in [0.5, 0.6) is 0 Å². The lowest BCUT2D eigenvalue weighted by molar-refractivity contribution is 1.50. The second-order valence-corrected chi connectivity index (χ2v) is 2.86. The van der Waals surface area contributed by atoms with Gasteiger partial charge in [-0.2, -0.15) is 5.26 Å². The largest absolute Gasteiger partial charge is 0.192 e. The minimum Gasteiger partial charge on any atom is -0.192 e. The van der Waals surface area contributed by atoms with Gasteiger partial charge in [0.1, 0.15) is 0 Å². The van der Waals surface area contributed by atoms with E-state index < -0.39 is 0 Å². The first kappa shape index (κ1) is 10.0. The van der Waals surface area contributed by atoms with Crippen LogP contribution in [0.2, 0.25) is 0 Å². The fourth-order valence-electron chi connectivity index (χ4n) is 0.987. The van der Waals surface area contributed by atoms with Crippen LogP contribution < -0.4 is 0 Å². The Kier molecular flexibility index (Phi) is 3.46. The van der Waals surface area contributed by atoms with Crippen molar-refractivity contribution in [3.8, 4) is 6.07 Å². The Morgan fingerprint density at radius 3 is 2.36 bits per heavy atom. The maximum absolute atomic E-state index is 8.49. The first-order valence-electron chi connectivity index (χ1n) is 4.25. The molecule has 0 amide bonds. The molecule has 0 fully saturated rings. The van der Waals surface area contributed by atoms with Gasteiger partial charge in [-0.25, -0.2) is 0 Å². The highest BCUT2D eigenvalue weighted by Crippen LogP contribution is 2.13. The van der Waals surface area contributed by atoms with Crippen molar-refractivity contribution in [2.75, 3.05) is 0 Å². The monoisotopic (exact) mass is 181 g/mol. The van der Waals surface area contributed by atoms with Gasteiger partial charge in [0.25, 0.3) is 0 Å². The number of benzene rings is 1. The van der Waals surface area contributed by atoms with Crippen molar-refractivity contribution in [3.05, 3.63) is 66.8 Å². The topological polar surface area (TPSA) is 23.8 Å². The van der Waals surface area contributed by atoms with E-state index in [4.69, 9.17) is 5.26 Å². The van der Waals surface area contributed by atoms with Crippen LogP contribution in [-0.2, 0) is 0 Å². The average Bonchev–Trinajstić information content (AvgIpc) is 2.26. The summed E-state index contributed by atoms with van der Waals surface area (Å²) in [6, 6.07) is 11.8. The Labute approximate surface area is 84.3 Å². The molecular weight excluding hydrogens is 170 g/mol.